The van der Waals surface area contributed by atoms with Crippen LogP contribution in [0.4, 0.5) is 5.69 Å². The summed E-state index contributed by atoms with van der Waals surface area (Å²) in [5.41, 5.74) is 7.24. The number of methoxy groups -OCH3 is 1. The highest BCUT2D eigenvalue weighted by atomic mass is 16.5. The molecule has 4 nitrogen and oxygen atoms in total. The van der Waals surface area contributed by atoms with Crippen molar-refractivity contribution in [3.63, 3.8) is 0 Å². The zero-order valence-corrected chi connectivity index (χ0v) is 12.4. The molecule has 0 saturated carbocycles. The van der Waals surface area contributed by atoms with Crippen molar-refractivity contribution in [3.05, 3.63) is 53.6 Å². The minimum atomic E-state index is -0.178. The van der Waals surface area contributed by atoms with Gasteiger partial charge in [-0.15, -0.1) is 0 Å². The number of carbonyl (C=O) groups is 1. The lowest BCUT2D eigenvalue weighted by Gasteiger charge is -2.14. The van der Waals surface area contributed by atoms with Crippen molar-refractivity contribution in [2.45, 2.75) is 20.0 Å². The van der Waals surface area contributed by atoms with E-state index in [1.165, 1.54) is 7.11 Å². The van der Waals surface area contributed by atoms with E-state index in [0.717, 1.165) is 0 Å². The van der Waals surface area contributed by atoms with E-state index in [1.807, 2.05) is 19.9 Å². The molecule has 0 aliphatic heterocycles. The van der Waals surface area contributed by atoms with Crippen LogP contribution in [0.1, 0.15) is 29.8 Å². The summed E-state index contributed by atoms with van der Waals surface area (Å²) in [5, 5.41) is 0. The van der Waals surface area contributed by atoms with Gasteiger partial charge in [-0.25, -0.2) is 0 Å². The molecule has 0 amide bonds. The van der Waals surface area contributed by atoms with Crippen molar-refractivity contribution < 1.29 is 14.3 Å². The standard InChI is InChI=1S/C17H19NO3/c1-11(2)21-14-9-5-4-7-12(14)17(19)13-8-6-10-15(20-3)16(13)18/h4-11H,18H2,1-3H3. The zero-order valence-electron chi connectivity index (χ0n) is 12.4. The Labute approximate surface area is 124 Å². The SMILES string of the molecule is COc1cccc(C(=O)c2ccccc2OC(C)C)c1N. The molecule has 0 atom stereocenters. The molecule has 0 unspecified atom stereocenters. The Balaban J connectivity index is 2.46. The molecule has 21 heavy (non-hydrogen) atoms. The highest BCUT2D eigenvalue weighted by Gasteiger charge is 2.19. The first kappa shape index (κ1) is 14.9. The molecule has 0 aliphatic carbocycles. The number of ketones is 1. The lowest BCUT2D eigenvalue weighted by Crippen LogP contribution is -2.12. The fourth-order valence-corrected chi connectivity index (χ4v) is 2.08. The Morgan fingerprint density at radius 1 is 1.00 bits per heavy atom. The molecule has 0 spiro atoms. The van der Waals surface area contributed by atoms with Crippen LogP contribution in [0.25, 0.3) is 0 Å². The van der Waals surface area contributed by atoms with Crippen LogP contribution in [0.5, 0.6) is 11.5 Å². The molecule has 0 radical (unpaired) electrons. The number of para-hydroxylation sites is 2. The second-order valence-corrected chi connectivity index (χ2v) is 4.91. The Morgan fingerprint density at radius 2 is 1.62 bits per heavy atom. The van der Waals surface area contributed by atoms with Gasteiger partial charge in [0.1, 0.15) is 11.5 Å². The summed E-state index contributed by atoms with van der Waals surface area (Å²) in [5.74, 6) is 0.866. The molecular formula is C17H19NO3. The van der Waals surface area contributed by atoms with E-state index < -0.39 is 0 Å². The van der Waals surface area contributed by atoms with E-state index in [-0.39, 0.29) is 11.9 Å². The zero-order chi connectivity index (χ0) is 15.4. The molecular weight excluding hydrogens is 266 g/mol. The molecule has 0 aromatic heterocycles. The van der Waals surface area contributed by atoms with Gasteiger partial charge in [-0.2, -0.15) is 0 Å². The highest BCUT2D eigenvalue weighted by molar-refractivity contribution is 6.14. The lowest BCUT2D eigenvalue weighted by atomic mass is 10.0. The van der Waals surface area contributed by atoms with E-state index in [9.17, 15) is 4.79 Å². The van der Waals surface area contributed by atoms with Crippen LogP contribution in [0.2, 0.25) is 0 Å². The number of hydrogen-bond donors (Lipinski definition) is 1. The van der Waals surface area contributed by atoms with Crippen molar-refractivity contribution in [1.29, 1.82) is 0 Å². The van der Waals surface area contributed by atoms with Gasteiger partial charge in [0.25, 0.3) is 0 Å². The number of benzene rings is 2. The maximum absolute atomic E-state index is 12.7. The van der Waals surface area contributed by atoms with Crippen molar-refractivity contribution >= 4 is 11.5 Å². The van der Waals surface area contributed by atoms with Gasteiger partial charge >= 0.3 is 0 Å². The van der Waals surface area contributed by atoms with Gasteiger partial charge in [0.15, 0.2) is 5.78 Å². The average molecular weight is 285 g/mol. The van der Waals surface area contributed by atoms with E-state index in [1.54, 1.807) is 36.4 Å². The minimum Gasteiger partial charge on any atom is -0.495 e. The van der Waals surface area contributed by atoms with Crippen LogP contribution in [-0.2, 0) is 0 Å². The quantitative estimate of drug-likeness (QED) is 0.676. The maximum Gasteiger partial charge on any atom is 0.198 e. The molecule has 4 heteroatoms. The monoisotopic (exact) mass is 285 g/mol. The predicted molar refractivity (Wildman–Crippen MR) is 83.0 cm³/mol. The predicted octanol–water partition coefficient (Wildman–Crippen LogP) is 3.30. The molecule has 0 aliphatic rings. The summed E-state index contributed by atoms with van der Waals surface area (Å²) in [7, 11) is 1.52. The first-order valence-corrected chi connectivity index (χ1v) is 6.77. The highest BCUT2D eigenvalue weighted by Crippen LogP contribution is 2.29. The normalized spacial score (nSPS) is 10.5. The number of hydrogen-bond acceptors (Lipinski definition) is 4. The number of anilines is 1. The van der Waals surface area contributed by atoms with Crippen LogP contribution in [0.15, 0.2) is 42.5 Å². The first-order valence-electron chi connectivity index (χ1n) is 6.77. The molecule has 2 aromatic carbocycles. The maximum atomic E-state index is 12.7. The third kappa shape index (κ3) is 3.16. The number of rotatable bonds is 5. The summed E-state index contributed by atoms with van der Waals surface area (Å²) < 4.78 is 10.8. The van der Waals surface area contributed by atoms with E-state index in [2.05, 4.69) is 0 Å². The van der Waals surface area contributed by atoms with Crippen molar-refractivity contribution in [3.8, 4) is 11.5 Å². The Morgan fingerprint density at radius 3 is 2.29 bits per heavy atom. The van der Waals surface area contributed by atoms with Gasteiger partial charge in [-0.1, -0.05) is 18.2 Å². The minimum absolute atomic E-state index is 0.0124. The van der Waals surface area contributed by atoms with Crippen molar-refractivity contribution in [2.24, 2.45) is 0 Å². The van der Waals surface area contributed by atoms with Gasteiger partial charge in [-0.05, 0) is 38.1 Å². The number of nitrogen functional groups attached to an aromatic ring is 1. The smallest absolute Gasteiger partial charge is 0.198 e. The average Bonchev–Trinajstić information content (AvgIpc) is 2.47. The van der Waals surface area contributed by atoms with Gasteiger partial charge in [0, 0.05) is 5.56 Å². The Bertz CT molecular complexity index is 650. The van der Waals surface area contributed by atoms with Crippen molar-refractivity contribution in [1.82, 2.24) is 0 Å². The van der Waals surface area contributed by atoms with Gasteiger partial charge in [0.2, 0.25) is 0 Å². The molecule has 0 heterocycles. The number of carbonyl (C=O) groups excluding carboxylic acids is 1. The van der Waals surface area contributed by atoms with Crippen LogP contribution in [-0.4, -0.2) is 19.0 Å². The fourth-order valence-electron chi connectivity index (χ4n) is 2.08. The van der Waals surface area contributed by atoms with Gasteiger partial charge < -0.3 is 15.2 Å². The molecule has 0 saturated heterocycles. The van der Waals surface area contributed by atoms with E-state index in [4.69, 9.17) is 15.2 Å². The third-order valence-corrected chi connectivity index (χ3v) is 3.03. The second kappa shape index (κ2) is 6.31. The number of nitrogens with two attached hydrogens (primary N) is 1. The van der Waals surface area contributed by atoms with Crippen LogP contribution in [0, 0.1) is 0 Å². The van der Waals surface area contributed by atoms with Crippen LogP contribution in [0.3, 0.4) is 0 Å². The van der Waals surface area contributed by atoms with Crippen LogP contribution < -0.4 is 15.2 Å². The summed E-state index contributed by atoms with van der Waals surface area (Å²) in [6, 6.07) is 12.3. The summed E-state index contributed by atoms with van der Waals surface area (Å²) in [6.07, 6.45) is -0.0124. The van der Waals surface area contributed by atoms with Gasteiger partial charge in [-0.3, -0.25) is 4.79 Å². The molecule has 2 aromatic rings. The molecule has 0 fully saturated rings. The lowest BCUT2D eigenvalue weighted by molar-refractivity contribution is 0.103. The molecule has 0 bridgehead atoms. The molecule has 2 N–H and O–H groups in total. The van der Waals surface area contributed by atoms with E-state index >= 15 is 0 Å². The van der Waals surface area contributed by atoms with E-state index in [0.29, 0.717) is 28.3 Å². The fraction of sp³-hybridized carbons (Fsp3) is 0.235. The Kier molecular flexibility index (Phi) is 4.48. The summed E-state index contributed by atoms with van der Waals surface area (Å²) in [4.78, 5) is 12.7. The first-order chi connectivity index (χ1) is 10.0. The van der Waals surface area contributed by atoms with Gasteiger partial charge in [0.05, 0.1) is 24.5 Å². The Hall–Kier alpha value is -2.49. The third-order valence-electron chi connectivity index (χ3n) is 3.03. The van der Waals surface area contributed by atoms with Crippen molar-refractivity contribution in [2.75, 3.05) is 12.8 Å². The topological polar surface area (TPSA) is 61.5 Å². The summed E-state index contributed by atoms with van der Waals surface area (Å²) in [6.45, 7) is 3.84. The number of ether oxygens (including phenoxy) is 2. The molecule has 110 valence electrons. The van der Waals surface area contributed by atoms with Crippen LogP contribution >= 0.6 is 0 Å². The second-order valence-electron chi connectivity index (χ2n) is 4.91. The molecule has 2 rings (SSSR count). The largest absolute Gasteiger partial charge is 0.495 e. The summed E-state index contributed by atoms with van der Waals surface area (Å²) >= 11 is 0.